The summed E-state index contributed by atoms with van der Waals surface area (Å²) in [4.78, 5) is 5.15. The zero-order valence-corrected chi connectivity index (χ0v) is 52.9. The molecule has 82 heavy (non-hydrogen) atoms. The van der Waals surface area contributed by atoms with E-state index in [0.29, 0.717) is 0 Å². The second-order valence-electron chi connectivity index (χ2n) is 30.5. The Hall–Kier alpha value is -6.84. The van der Waals surface area contributed by atoms with Gasteiger partial charge in [-0.25, -0.2) is 0 Å². The number of furan rings is 1. The highest BCUT2D eigenvalue weighted by atomic mass is 16.3. The first-order chi connectivity index (χ1) is 38.4. The molecule has 0 amide bonds. The van der Waals surface area contributed by atoms with Crippen molar-refractivity contribution in [2.75, 3.05) is 9.80 Å². The first-order valence-electron chi connectivity index (χ1n) is 30.8. The standard InChI is InChI=1S/C79H90N2O/c1-49-38-50(2)72(51(3)39-49)53-40-58(80(55-26-29-63-65(44-55)76(11,12)34-32-74(63,7)8)56-27-30-64-66(45-56)77(13,14)35-33-75(64,9)10)43-59(41-53)81(69-31-24-54(73(4,5)6)42-61(69)52-22-20-19-21-23-52)57-25-28-60-62-47-67-68(48-71(62)82-70(60)46-57)79(17,18)37-36-78(67,15)16/h19-31,38-48H,32-37H2,1-18H3. The molecule has 3 aliphatic carbocycles. The molecule has 0 atom stereocenters. The van der Waals surface area contributed by atoms with Crippen molar-refractivity contribution >= 4 is 56.1 Å². The molecule has 0 spiro atoms. The largest absolute Gasteiger partial charge is 0.456 e. The van der Waals surface area contributed by atoms with Gasteiger partial charge in [-0.15, -0.1) is 0 Å². The van der Waals surface area contributed by atoms with Gasteiger partial charge in [-0.3, -0.25) is 0 Å². The minimum atomic E-state index is -0.0756. The highest BCUT2D eigenvalue weighted by molar-refractivity contribution is 6.07. The van der Waals surface area contributed by atoms with Crippen LogP contribution in [0.1, 0.15) is 198 Å². The first-order valence-corrected chi connectivity index (χ1v) is 30.8. The Morgan fingerprint density at radius 1 is 0.366 bits per heavy atom. The number of benzene rings is 8. The summed E-state index contributed by atoms with van der Waals surface area (Å²) in [5.41, 5.74) is 27.4. The monoisotopic (exact) mass is 1080 g/mol. The molecule has 3 heteroatoms. The second kappa shape index (κ2) is 19.1. The maximum Gasteiger partial charge on any atom is 0.137 e. The lowest BCUT2D eigenvalue weighted by molar-refractivity contribution is 0.332. The van der Waals surface area contributed by atoms with Gasteiger partial charge in [0.25, 0.3) is 0 Å². The molecule has 12 rings (SSSR count). The summed E-state index contributed by atoms with van der Waals surface area (Å²) >= 11 is 0. The van der Waals surface area contributed by atoms with Gasteiger partial charge in [0.2, 0.25) is 0 Å². The van der Waals surface area contributed by atoms with E-state index in [9.17, 15) is 0 Å². The number of rotatable bonds is 8. The minimum absolute atomic E-state index is 0.0163. The Balaban J connectivity index is 1.18. The number of fused-ring (bicyclic) bond motifs is 6. The Bertz CT molecular complexity index is 3910. The third kappa shape index (κ3) is 9.51. The van der Waals surface area contributed by atoms with Crippen molar-refractivity contribution in [2.45, 2.75) is 201 Å². The molecule has 0 fully saturated rings. The predicted molar refractivity (Wildman–Crippen MR) is 353 cm³/mol. The minimum Gasteiger partial charge on any atom is -0.456 e. The maximum atomic E-state index is 7.15. The van der Waals surface area contributed by atoms with Crippen molar-refractivity contribution < 1.29 is 4.42 Å². The zero-order valence-electron chi connectivity index (χ0n) is 52.9. The SMILES string of the molecule is Cc1cc(C)c(-c2cc(N(c3ccc4c(c3)C(C)(C)CCC4(C)C)c3ccc4c(c3)C(C)(C)CCC4(C)C)cc(N(c3ccc4c(c3)oc3cc5c(cc34)C(C)(C)CCC5(C)C)c3ccc(C(C)(C)C)cc3-c3ccccc3)c2)c(C)c1. The normalized spacial score (nSPS) is 18.2. The van der Waals surface area contributed by atoms with Crippen LogP contribution < -0.4 is 9.80 Å². The average Bonchev–Trinajstić information content (AvgIpc) is 1.63. The van der Waals surface area contributed by atoms with Crippen molar-refractivity contribution in [3.05, 3.63) is 201 Å². The predicted octanol–water partition coefficient (Wildman–Crippen LogP) is 23.1. The molecule has 9 aromatic rings. The van der Waals surface area contributed by atoms with Crippen LogP contribution in [0.4, 0.5) is 34.1 Å². The Morgan fingerprint density at radius 2 is 0.817 bits per heavy atom. The summed E-state index contributed by atoms with van der Waals surface area (Å²) in [6.07, 6.45) is 6.94. The molecule has 8 aromatic carbocycles. The Morgan fingerprint density at radius 3 is 1.34 bits per heavy atom. The van der Waals surface area contributed by atoms with Gasteiger partial charge in [-0.2, -0.15) is 0 Å². The van der Waals surface area contributed by atoms with Gasteiger partial charge in [0, 0.05) is 50.8 Å². The molecular formula is C79H90N2O. The Labute approximate surface area is 492 Å². The number of aryl methyl sites for hydroxylation is 3. The smallest absolute Gasteiger partial charge is 0.137 e. The molecule has 0 bridgehead atoms. The molecule has 0 saturated heterocycles. The number of nitrogens with zero attached hydrogens (tertiary/aromatic N) is 2. The van der Waals surface area contributed by atoms with Gasteiger partial charge < -0.3 is 14.2 Å². The fraction of sp³-hybridized carbons (Fsp3) is 0.392. The van der Waals surface area contributed by atoms with Gasteiger partial charge >= 0.3 is 0 Å². The fourth-order valence-electron chi connectivity index (χ4n) is 14.9. The number of hydrogen-bond donors (Lipinski definition) is 0. The van der Waals surface area contributed by atoms with Crippen LogP contribution in [0, 0.1) is 20.8 Å². The van der Waals surface area contributed by atoms with E-state index in [1.165, 1.54) is 107 Å². The van der Waals surface area contributed by atoms with Crippen molar-refractivity contribution in [3.8, 4) is 22.3 Å². The molecular weight excluding hydrogens is 993 g/mol. The van der Waals surface area contributed by atoms with Gasteiger partial charge in [-0.05, 0) is 243 Å². The summed E-state index contributed by atoms with van der Waals surface area (Å²) in [5, 5.41) is 2.34. The van der Waals surface area contributed by atoms with Crippen LogP contribution in [0.5, 0.6) is 0 Å². The molecule has 3 aliphatic rings. The van der Waals surface area contributed by atoms with Crippen molar-refractivity contribution in [2.24, 2.45) is 0 Å². The lowest BCUT2D eigenvalue weighted by atomic mass is 9.63. The summed E-state index contributed by atoms with van der Waals surface area (Å²) in [7, 11) is 0. The van der Waals surface area contributed by atoms with Crippen LogP contribution in [0.25, 0.3) is 44.2 Å². The van der Waals surface area contributed by atoms with E-state index in [4.69, 9.17) is 4.42 Å². The number of anilines is 6. The summed E-state index contributed by atoms with van der Waals surface area (Å²) in [6.45, 7) is 43.1. The topological polar surface area (TPSA) is 19.6 Å². The molecule has 1 heterocycles. The van der Waals surface area contributed by atoms with Crippen molar-refractivity contribution in [1.82, 2.24) is 0 Å². The third-order valence-corrected chi connectivity index (χ3v) is 20.4. The van der Waals surface area contributed by atoms with E-state index in [-0.39, 0.29) is 37.9 Å². The van der Waals surface area contributed by atoms with Gasteiger partial charge in [0.1, 0.15) is 11.2 Å². The average molecular weight is 1080 g/mol. The Kier molecular flexibility index (Phi) is 13.0. The third-order valence-electron chi connectivity index (χ3n) is 20.4. The van der Waals surface area contributed by atoms with E-state index >= 15 is 0 Å². The highest BCUT2D eigenvalue weighted by Gasteiger charge is 2.41. The maximum absolute atomic E-state index is 7.15. The molecule has 0 saturated carbocycles. The highest BCUT2D eigenvalue weighted by Crippen LogP contribution is 2.54. The number of hydrogen-bond acceptors (Lipinski definition) is 3. The van der Waals surface area contributed by atoms with Gasteiger partial charge in [0.15, 0.2) is 0 Å². The van der Waals surface area contributed by atoms with Crippen LogP contribution in [-0.2, 0) is 37.9 Å². The fourth-order valence-corrected chi connectivity index (χ4v) is 14.9. The molecule has 0 N–H and O–H groups in total. The van der Waals surface area contributed by atoms with E-state index in [2.05, 4.69) is 280 Å². The second-order valence-corrected chi connectivity index (χ2v) is 30.5. The summed E-state index contributed by atoms with van der Waals surface area (Å²) in [6, 6.07) is 57.2. The summed E-state index contributed by atoms with van der Waals surface area (Å²) < 4.78 is 7.15. The van der Waals surface area contributed by atoms with E-state index in [0.717, 1.165) is 65.0 Å². The molecule has 1 aromatic heterocycles. The quantitative estimate of drug-likeness (QED) is 0.151. The van der Waals surface area contributed by atoms with Gasteiger partial charge in [-0.1, -0.05) is 170 Å². The first kappa shape index (κ1) is 55.7. The molecule has 0 aliphatic heterocycles. The van der Waals surface area contributed by atoms with Crippen LogP contribution in [-0.4, -0.2) is 0 Å². The molecule has 3 nitrogen and oxygen atoms in total. The lowest BCUT2D eigenvalue weighted by Gasteiger charge is -2.43. The van der Waals surface area contributed by atoms with Crippen molar-refractivity contribution in [3.63, 3.8) is 0 Å². The molecule has 0 radical (unpaired) electrons. The van der Waals surface area contributed by atoms with Gasteiger partial charge in [0.05, 0.1) is 5.69 Å². The van der Waals surface area contributed by atoms with Crippen LogP contribution in [0.3, 0.4) is 0 Å². The van der Waals surface area contributed by atoms with E-state index in [1.807, 2.05) is 0 Å². The van der Waals surface area contributed by atoms with Crippen LogP contribution >= 0.6 is 0 Å². The van der Waals surface area contributed by atoms with E-state index < -0.39 is 0 Å². The molecule has 422 valence electrons. The zero-order chi connectivity index (χ0) is 58.4. The van der Waals surface area contributed by atoms with Crippen LogP contribution in [0.15, 0.2) is 150 Å². The van der Waals surface area contributed by atoms with Crippen molar-refractivity contribution in [1.29, 1.82) is 0 Å². The summed E-state index contributed by atoms with van der Waals surface area (Å²) in [5.74, 6) is 0. The van der Waals surface area contributed by atoms with Crippen LogP contribution in [0.2, 0.25) is 0 Å². The molecule has 0 unspecified atom stereocenters. The lowest BCUT2D eigenvalue weighted by Crippen LogP contribution is -2.34. The van der Waals surface area contributed by atoms with E-state index in [1.54, 1.807) is 0 Å².